The maximum atomic E-state index is 6.28. The molecule has 0 spiro atoms. The van der Waals surface area contributed by atoms with Crippen molar-refractivity contribution < 1.29 is 0 Å². The van der Waals surface area contributed by atoms with Gasteiger partial charge in [-0.3, -0.25) is 0 Å². The van der Waals surface area contributed by atoms with Gasteiger partial charge in [-0.25, -0.2) is 4.68 Å². The quantitative estimate of drug-likeness (QED) is 0.871. The average molecular weight is 248 g/mol. The van der Waals surface area contributed by atoms with E-state index in [0.29, 0.717) is 12.1 Å². The van der Waals surface area contributed by atoms with Gasteiger partial charge in [0.25, 0.3) is 0 Å². The summed E-state index contributed by atoms with van der Waals surface area (Å²) in [6, 6.07) is 1.08. The van der Waals surface area contributed by atoms with Crippen LogP contribution in [0.1, 0.15) is 51.3 Å². The van der Waals surface area contributed by atoms with Gasteiger partial charge in [0.05, 0.1) is 11.4 Å². The Bertz CT molecular complexity index is 441. The number of aryl methyl sites for hydroxylation is 1. The van der Waals surface area contributed by atoms with Crippen LogP contribution in [-0.2, 0) is 0 Å². The fourth-order valence-electron chi connectivity index (χ4n) is 2.57. The molecule has 2 N–H and O–H groups in total. The van der Waals surface area contributed by atoms with Crippen molar-refractivity contribution in [3.63, 3.8) is 0 Å². The van der Waals surface area contributed by atoms with Crippen LogP contribution in [-0.4, -0.2) is 22.4 Å². The van der Waals surface area contributed by atoms with Gasteiger partial charge in [0, 0.05) is 18.6 Å². The van der Waals surface area contributed by atoms with Gasteiger partial charge in [0.1, 0.15) is 0 Å². The van der Waals surface area contributed by atoms with Crippen LogP contribution >= 0.6 is 0 Å². The number of rotatable bonds is 5. The monoisotopic (exact) mass is 248 g/mol. The normalized spacial score (nSPS) is 19.6. The van der Waals surface area contributed by atoms with Crippen molar-refractivity contribution in [2.75, 3.05) is 17.2 Å². The molecule has 0 aliphatic heterocycles. The first-order valence-electron chi connectivity index (χ1n) is 7.19. The third kappa shape index (κ3) is 2.08. The lowest BCUT2D eigenvalue weighted by atomic mass is 10.3. The lowest BCUT2D eigenvalue weighted by Gasteiger charge is -2.27. The molecule has 100 valence electrons. The molecule has 1 aromatic heterocycles. The molecular weight excluding hydrogens is 224 g/mol. The lowest BCUT2D eigenvalue weighted by molar-refractivity contribution is 0.517. The summed E-state index contributed by atoms with van der Waals surface area (Å²) in [5, 5.41) is 4.62. The van der Waals surface area contributed by atoms with E-state index in [0.717, 1.165) is 17.3 Å². The molecule has 1 aromatic rings. The second-order valence-electron chi connectivity index (χ2n) is 6.19. The van der Waals surface area contributed by atoms with Gasteiger partial charge in [0.15, 0.2) is 5.82 Å². The SMILES string of the molecule is Cc1nn(C(C)C)c(N(CC2CC2)C2CC2)c1N. The van der Waals surface area contributed by atoms with Gasteiger partial charge < -0.3 is 10.6 Å². The van der Waals surface area contributed by atoms with Crippen LogP contribution in [0.15, 0.2) is 0 Å². The van der Waals surface area contributed by atoms with E-state index in [4.69, 9.17) is 5.73 Å². The molecule has 0 bridgehead atoms. The zero-order valence-corrected chi connectivity index (χ0v) is 11.7. The average Bonchev–Trinajstić information content (AvgIpc) is 3.19. The highest BCUT2D eigenvalue weighted by Gasteiger charge is 2.37. The smallest absolute Gasteiger partial charge is 0.151 e. The maximum absolute atomic E-state index is 6.28. The molecule has 0 radical (unpaired) electrons. The molecular formula is C14H24N4. The van der Waals surface area contributed by atoms with Gasteiger partial charge in [0.2, 0.25) is 0 Å². The van der Waals surface area contributed by atoms with Crippen LogP contribution in [0.2, 0.25) is 0 Å². The zero-order chi connectivity index (χ0) is 12.9. The van der Waals surface area contributed by atoms with Crippen LogP contribution in [0.4, 0.5) is 11.5 Å². The molecule has 4 nitrogen and oxygen atoms in total. The minimum Gasteiger partial charge on any atom is -0.394 e. The molecule has 0 amide bonds. The van der Waals surface area contributed by atoms with Gasteiger partial charge in [-0.2, -0.15) is 5.10 Å². The van der Waals surface area contributed by atoms with Crippen LogP contribution < -0.4 is 10.6 Å². The van der Waals surface area contributed by atoms with Crippen molar-refractivity contribution >= 4 is 11.5 Å². The van der Waals surface area contributed by atoms with Crippen molar-refractivity contribution in [3.05, 3.63) is 5.69 Å². The number of hydrogen-bond donors (Lipinski definition) is 1. The summed E-state index contributed by atoms with van der Waals surface area (Å²) in [6.45, 7) is 7.54. The zero-order valence-electron chi connectivity index (χ0n) is 11.7. The molecule has 0 unspecified atom stereocenters. The molecule has 4 heteroatoms. The van der Waals surface area contributed by atoms with Crippen LogP contribution in [0.3, 0.4) is 0 Å². The number of anilines is 2. The predicted octanol–water partition coefficient (Wildman–Crippen LogP) is 2.73. The van der Waals surface area contributed by atoms with Gasteiger partial charge in [-0.15, -0.1) is 0 Å². The van der Waals surface area contributed by atoms with Crippen molar-refractivity contribution in [3.8, 4) is 0 Å². The highest BCUT2D eigenvalue weighted by Crippen LogP contribution is 2.41. The Morgan fingerprint density at radius 3 is 2.50 bits per heavy atom. The third-order valence-electron chi connectivity index (χ3n) is 4.01. The summed E-state index contributed by atoms with van der Waals surface area (Å²) in [4.78, 5) is 2.53. The van der Waals surface area contributed by atoms with E-state index in [1.54, 1.807) is 0 Å². The van der Waals surface area contributed by atoms with Gasteiger partial charge in [-0.1, -0.05) is 0 Å². The molecule has 1 heterocycles. The lowest BCUT2D eigenvalue weighted by Crippen LogP contribution is -2.31. The van der Waals surface area contributed by atoms with Crippen LogP contribution in [0.25, 0.3) is 0 Å². The number of hydrogen-bond acceptors (Lipinski definition) is 3. The molecule has 18 heavy (non-hydrogen) atoms. The third-order valence-corrected chi connectivity index (χ3v) is 4.01. The summed E-state index contributed by atoms with van der Waals surface area (Å²) < 4.78 is 2.12. The van der Waals surface area contributed by atoms with Crippen LogP contribution in [0, 0.1) is 12.8 Å². The molecule has 0 atom stereocenters. The highest BCUT2D eigenvalue weighted by atomic mass is 15.4. The minimum absolute atomic E-state index is 0.372. The number of nitrogens with two attached hydrogens (primary N) is 1. The predicted molar refractivity (Wildman–Crippen MR) is 74.9 cm³/mol. The van der Waals surface area contributed by atoms with E-state index >= 15 is 0 Å². The van der Waals surface area contributed by atoms with E-state index in [9.17, 15) is 0 Å². The molecule has 2 fully saturated rings. The minimum atomic E-state index is 0.372. The second-order valence-corrected chi connectivity index (χ2v) is 6.19. The Kier molecular flexibility index (Phi) is 2.76. The Morgan fingerprint density at radius 1 is 1.33 bits per heavy atom. The first-order valence-corrected chi connectivity index (χ1v) is 7.19. The van der Waals surface area contributed by atoms with E-state index < -0.39 is 0 Å². The fourth-order valence-corrected chi connectivity index (χ4v) is 2.57. The number of nitrogens with zero attached hydrogens (tertiary/aromatic N) is 3. The van der Waals surface area contributed by atoms with E-state index in [1.165, 1.54) is 38.0 Å². The second kappa shape index (κ2) is 4.18. The van der Waals surface area contributed by atoms with Crippen molar-refractivity contribution in [1.29, 1.82) is 0 Å². The summed E-state index contributed by atoms with van der Waals surface area (Å²) in [5.41, 5.74) is 8.14. The Hall–Kier alpha value is -1.19. The molecule has 3 rings (SSSR count). The summed E-state index contributed by atoms with van der Waals surface area (Å²) in [6.07, 6.45) is 5.40. The first-order chi connectivity index (χ1) is 8.58. The number of nitrogen functional groups attached to an aromatic ring is 1. The molecule has 2 aliphatic carbocycles. The number of aromatic nitrogens is 2. The largest absolute Gasteiger partial charge is 0.394 e. The summed E-state index contributed by atoms with van der Waals surface area (Å²) in [5.74, 6) is 2.07. The topological polar surface area (TPSA) is 47.1 Å². The van der Waals surface area contributed by atoms with Crippen molar-refractivity contribution in [1.82, 2.24) is 9.78 Å². The Morgan fingerprint density at radius 2 is 2.00 bits per heavy atom. The van der Waals surface area contributed by atoms with Gasteiger partial charge in [-0.05, 0) is 52.4 Å². The fraction of sp³-hybridized carbons (Fsp3) is 0.786. The molecule has 2 aliphatic rings. The van der Waals surface area contributed by atoms with E-state index in [2.05, 4.69) is 28.5 Å². The molecule has 0 aromatic carbocycles. The summed E-state index contributed by atoms with van der Waals surface area (Å²) in [7, 11) is 0. The Balaban J connectivity index is 1.95. The van der Waals surface area contributed by atoms with Crippen LogP contribution in [0.5, 0.6) is 0 Å². The molecule has 0 saturated heterocycles. The van der Waals surface area contributed by atoms with E-state index in [-0.39, 0.29) is 0 Å². The van der Waals surface area contributed by atoms with Gasteiger partial charge >= 0.3 is 0 Å². The standard InChI is InChI=1S/C14H24N4/c1-9(2)18-14(13(15)10(3)16-18)17(12-6-7-12)8-11-4-5-11/h9,11-12H,4-8,15H2,1-3H3. The molecule has 2 saturated carbocycles. The van der Waals surface area contributed by atoms with Crippen molar-refractivity contribution in [2.45, 2.75) is 58.5 Å². The Labute approximate surface area is 109 Å². The maximum Gasteiger partial charge on any atom is 0.151 e. The summed E-state index contributed by atoms with van der Waals surface area (Å²) >= 11 is 0. The van der Waals surface area contributed by atoms with E-state index in [1.807, 2.05) is 6.92 Å². The van der Waals surface area contributed by atoms with Crippen molar-refractivity contribution in [2.24, 2.45) is 5.92 Å². The first kappa shape index (κ1) is 11.9. The highest BCUT2D eigenvalue weighted by molar-refractivity contribution is 5.67.